The van der Waals surface area contributed by atoms with Crippen LogP contribution in [0.2, 0.25) is 0 Å². The molecule has 4 N–H and O–H groups in total. The number of carbonyl (C=O) groups is 5. The highest BCUT2D eigenvalue weighted by Crippen LogP contribution is 2.23. The lowest BCUT2D eigenvalue weighted by Crippen LogP contribution is -2.42. The van der Waals surface area contributed by atoms with Gasteiger partial charge < -0.3 is 25.0 Å². The standard InChI is InChI=1S/C27H34N6O8/c1-4-40-22(36)11-10-21(26(39)41-5-2)30-24(37)18-6-8-19(9-7-18)33(15-34)14-17-12-20-23(28-13-17)31-27(29-16(3)35)32-25(20)38/h6-9,15,17,21H,4-5,10-14H2,1-3H3,(H,30,37)(H3,28,29,31,32,35,38)/t17?,21-/m0/s1. The van der Waals surface area contributed by atoms with Gasteiger partial charge in [0, 0.05) is 37.7 Å². The molecule has 2 heterocycles. The molecule has 220 valence electrons. The number of ether oxygens (including phenoxy) is 2. The van der Waals surface area contributed by atoms with Crippen LogP contribution in [-0.4, -0.2) is 72.5 Å². The minimum absolute atomic E-state index is 0.0197. The Morgan fingerprint density at radius 3 is 2.49 bits per heavy atom. The first-order chi connectivity index (χ1) is 19.6. The number of fused-ring (bicyclic) bond motifs is 1. The van der Waals surface area contributed by atoms with E-state index >= 15 is 0 Å². The SMILES string of the molecule is CCOC(=O)CC[C@H](NC(=O)c1ccc(N(C=O)CC2CNc3nc(NC(C)=O)[nH]c(=O)c3C2)cc1)C(=O)OCC. The van der Waals surface area contributed by atoms with Crippen LogP contribution in [0.1, 0.15) is 49.5 Å². The molecule has 0 bridgehead atoms. The Hall–Kier alpha value is -4.75. The van der Waals surface area contributed by atoms with Crippen molar-refractivity contribution in [3.63, 3.8) is 0 Å². The first-order valence-corrected chi connectivity index (χ1v) is 13.2. The minimum atomic E-state index is -1.04. The summed E-state index contributed by atoms with van der Waals surface area (Å²) in [4.78, 5) is 80.9. The van der Waals surface area contributed by atoms with Crippen LogP contribution in [0, 0.1) is 5.92 Å². The van der Waals surface area contributed by atoms with Gasteiger partial charge in [0.25, 0.3) is 11.5 Å². The lowest BCUT2D eigenvalue weighted by Gasteiger charge is -2.29. The maximum absolute atomic E-state index is 12.8. The van der Waals surface area contributed by atoms with Crippen molar-refractivity contribution in [1.29, 1.82) is 0 Å². The summed E-state index contributed by atoms with van der Waals surface area (Å²) in [6, 6.07) is 5.19. The molecule has 14 nitrogen and oxygen atoms in total. The quantitative estimate of drug-likeness (QED) is 0.200. The van der Waals surface area contributed by atoms with E-state index in [0.717, 1.165) is 0 Å². The average molecular weight is 571 g/mol. The Morgan fingerprint density at radius 2 is 1.85 bits per heavy atom. The van der Waals surface area contributed by atoms with Gasteiger partial charge in [-0.05, 0) is 56.9 Å². The first kappa shape index (κ1) is 30.8. The highest BCUT2D eigenvalue weighted by molar-refractivity contribution is 5.97. The van der Waals surface area contributed by atoms with Crippen LogP contribution < -0.4 is 26.4 Å². The molecule has 1 aliphatic heterocycles. The van der Waals surface area contributed by atoms with Crippen molar-refractivity contribution in [1.82, 2.24) is 15.3 Å². The smallest absolute Gasteiger partial charge is 0.328 e. The molecular weight excluding hydrogens is 536 g/mol. The van der Waals surface area contributed by atoms with Crippen molar-refractivity contribution < 1.29 is 33.4 Å². The van der Waals surface area contributed by atoms with Gasteiger partial charge in [0.05, 0.1) is 18.8 Å². The van der Waals surface area contributed by atoms with E-state index < -0.39 is 23.9 Å². The van der Waals surface area contributed by atoms with Gasteiger partial charge in [0.1, 0.15) is 11.9 Å². The average Bonchev–Trinajstić information content (AvgIpc) is 2.94. The Labute approximate surface area is 236 Å². The number of aromatic amines is 1. The van der Waals surface area contributed by atoms with Crippen LogP contribution in [0.3, 0.4) is 0 Å². The number of esters is 2. The number of nitrogens with one attached hydrogen (secondary N) is 4. The molecule has 0 aliphatic carbocycles. The van der Waals surface area contributed by atoms with E-state index in [9.17, 15) is 28.8 Å². The Bertz CT molecular complexity index is 1330. The summed E-state index contributed by atoms with van der Waals surface area (Å²) in [7, 11) is 0. The van der Waals surface area contributed by atoms with E-state index in [2.05, 4.69) is 25.9 Å². The fourth-order valence-corrected chi connectivity index (χ4v) is 4.31. The molecule has 2 aromatic rings. The topological polar surface area (TPSA) is 189 Å². The number of carbonyl (C=O) groups excluding carboxylic acids is 5. The van der Waals surface area contributed by atoms with Crippen molar-refractivity contribution in [2.75, 3.05) is 41.8 Å². The molecule has 14 heteroatoms. The van der Waals surface area contributed by atoms with Gasteiger partial charge >= 0.3 is 11.9 Å². The van der Waals surface area contributed by atoms with Gasteiger partial charge in [-0.3, -0.25) is 34.3 Å². The van der Waals surface area contributed by atoms with E-state index in [1.165, 1.54) is 24.0 Å². The second-order valence-electron chi connectivity index (χ2n) is 9.30. The predicted molar refractivity (Wildman–Crippen MR) is 148 cm³/mol. The van der Waals surface area contributed by atoms with Gasteiger partial charge in [-0.25, -0.2) is 4.79 Å². The fraction of sp³-hybridized carbons (Fsp3) is 0.444. The van der Waals surface area contributed by atoms with Crippen molar-refractivity contribution in [3.05, 3.63) is 45.7 Å². The van der Waals surface area contributed by atoms with E-state index in [1.54, 1.807) is 26.0 Å². The van der Waals surface area contributed by atoms with Crippen LogP contribution in [0.25, 0.3) is 0 Å². The number of amides is 3. The molecule has 3 rings (SSSR count). The Kier molecular flexibility index (Phi) is 11.0. The number of aromatic nitrogens is 2. The molecule has 1 aromatic carbocycles. The van der Waals surface area contributed by atoms with Crippen molar-refractivity contribution in [2.24, 2.45) is 5.92 Å². The van der Waals surface area contributed by atoms with Crippen LogP contribution >= 0.6 is 0 Å². The molecular formula is C27H34N6O8. The predicted octanol–water partition coefficient (Wildman–Crippen LogP) is 0.980. The highest BCUT2D eigenvalue weighted by Gasteiger charge is 2.26. The zero-order chi connectivity index (χ0) is 29.9. The third-order valence-corrected chi connectivity index (χ3v) is 6.22. The van der Waals surface area contributed by atoms with Crippen molar-refractivity contribution >= 4 is 47.6 Å². The van der Waals surface area contributed by atoms with Gasteiger partial charge in [0.2, 0.25) is 18.3 Å². The second-order valence-corrected chi connectivity index (χ2v) is 9.30. The summed E-state index contributed by atoms with van der Waals surface area (Å²) in [6.45, 7) is 5.67. The monoisotopic (exact) mass is 570 g/mol. The second kappa shape index (κ2) is 14.6. The molecule has 0 radical (unpaired) electrons. The number of H-pyrrole nitrogens is 1. The molecule has 0 saturated carbocycles. The van der Waals surface area contributed by atoms with E-state index in [4.69, 9.17) is 9.47 Å². The summed E-state index contributed by atoms with van der Waals surface area (Å²) in [5.74, 6) is -1.73. The number of rotatable bonds is 13. The molecule has 1 unspecified atom stereocenters. The first-order valence-electron chi connectivity index (χ1n) is 13.2. The summed E-state index contributed by atoms with van der Waals surface area (Å²) < 4.78 is 9.91. The zero-order valence-electron chi connectivity index (χ0n) is 23.2. The van der Waals surface area contributed by atoms with Gasteiger partial charge in [-0.1, -0.05) is 0 Å². The van der Waals surface area contributed by atoms with Crippen molar-refractivity contribution in [2.45, 2.75) is 46.1 Å². The van der Waals surface area contributed by atoms with Crippen LogP contribution in [0.5, 0.6) is 0 Å². The maximum Gasteiger partial charge on any atom is 0.328 e. The molecule has 0 fully saturated rings. The summed E-state index contributed by atoms with van der Waals surface area (Å²) in [6.07, 6.45) is 0.978. The number of benzene rings is 1. The summed E-state index contributed by atoms with van der Waals surface area (Å²) in [5, 5.41) is 8.14. The van der Waals surface area contributed by atoms with Crippen LogP contribution in [-0.2, 0) is 35.1 Å². The van der Waals surface area contributed by atoms with Crippen molar-refractivity contribution in [3.8, 4) is 0 Å². The summed E-state index contributed by atoms with van der Waals surface area (Å²) in [5.41, 5.74) is 0.810. The van der Waals surface area contributed by atoms with Crippen LogP contribution in [0.4, 0.5) is 17.5 Å². The summed E-state index contributed by atoms with van der Waals surface area (Å²) >= 11 is 0. The van der Waals surface area contributed by atoms with E-state index in [1.807, 2.05) is 0 Å². The Balaban J connectivity index is 1.64. The highest BCUT2D eigenvalue weighted by atomic mass is 16.5. The van der Waals surface area contributed by atoms with Gasteiger partial charge in [-0.15, -0.1) is 0 Å². The fourth-order valence-electron chi connectivity index (χ4n) is 4.31. The van der Waals surface area contributed by atoms with E-state index in [0.29, 0.717) is 36.4 Å². The largest absolute Gasteiger partial charge is 0.466 e. The molecule has 41 heavy (non-hydrogen) atoms. The van der Waals surface area contributed by atoms with E-state index in [-0.39, 0.29) is 61.5 Å². The lowest BCUT2D eigenvalue weighted by molar-refractivity contribution is -0.147. The van der Waals surface area contributed by atoms with Gasteiger partial charge in [0.15, 0.2) is 0 Å². The molecule has 3 amide bonds. The molecule has 0 saturated heterocycles. The van der Waals surface area contributed by atoms with Gasteiger partial charge in [-0.2, -0.15) is 4.98 Å². The lowest BCUT2D eigenvalue weighted by atomic mass is 9.96. The number of hydrogen-bond acceptors (Lipinski definition) is 10. The maximum atomic E-state index is 12.8. The number of nitrogens with zero attached hydrogens (tertiary/aromatic N) is 2. The number of hydrogen-bond donors (Lipinski definition) is 4. The molecule has 0 spiro atoms. The third-order valence-electron chi connectivity index (χ3n) is 6.22. The molecule has 2 atom stereocenters. The number of anilines is 3. The Morgan fingerprint density at radius 1 is 1.15 bits per heavy atom. The third kappa shape index (κ3) is 8.62. The molecule has 1 aromatic heterocycles. The normalized spacial score (nSPS) is 14.5. The minimum Gasteiger partial charge on any atom is -0.466 e. The zero-order valence-corrected chi connectivity index (χ0v) is 23.2. The molecule has 1 aliphatic rings. The van der Waals surface area contributed by atoms with Crippen LogP contribution in [0.15, 0.2) is 29.1 Å².